The van der Waals surface area contributed by atoms with Gasteiger partial charge in [-0.05, 0) is 12.8 Å². The molecule has 1 aromatic heterocycles. The van der Waals surface area contributed by atoms with Crippen LogP contribution >= 0.6 is 0 Å². The Labute approximate surface area is 87.3 Å². The standard InChI is InChI=1S/C10H13N3O2/c14-10(15)8-5-13-4-3-12(7-1-2-7)6-9(13)11-8/h5,7H,1-4,6H2,(H,14,15). The zero-order valence-corrected chi connectivity index (χ0v) is 8.39. The summed E-state index contributed by atoms with van der Waals surface area (Å²) in [5.74, 6) is -0.0413. The van der Waals surface area contributed by atoms with E-state index < -0.39 is 5.97 Å². The van der Waals surface area contributed by atoms with Gasteiger partial charge in [0.25, 0.3) is 0 Å². The number of hydrogen-bond donors (Lipinski definition) is 1. The van der Waals surface area contributed by atoms with Crippen LogP contribution in [0.5, 0.6) is 0 Å². The SMILES string of the molecule is O=C(O)c1cn2c(n1)CN(C1CC1)CC2. The van der Waals surface area contributed by atoms with Crippen molar-refractivity contribution in [2.45, 2.75) is 32.0 Å². The molecule has 0 spiro atoms. The Balaban J connectivity index is 1.85. The molecular formula is C10H13N3O2. The molecule has 1 aliphatic carbocycles. The van der Waals surface area contributed by atoms with Crippen LogP contribution in [0.1, 0.15) is 29.2 Å². The topological polar surface area (TPSA) is 58.4 Å². The van der Waals surface area contributed by atoms with E-state index in [1.54, 1.807) is 6.20 Å². The fraction of sp³-hybridized carbons (Fsp3) is 0.600. The Morgan fingerprint density at radius 2 is 2.27 bits per heavy atom. The van der Waals surface area contributed by atoms with Crippen LogP contribution in [0.2, 0.25) is 0 Å². The molecule has 1 fully saturated rings. The Hall–Kier alpha value is -1.36. The predicted molar refractivity (Wildman–Crippen MR) is 52.6 cm³/mol. The molecule has 1 saturated carbocycles. The van der Waals surface area contributed by atoms with Crippen molar-refractivity contribution < 1.29 is 9.90 Å². The van der Waals surface area contributed by atoms with Gasteiger partial charge in [0, 0.05) is 25.3 Å². The molecular weight excluding hydrogens is 194 g/mol. The molecule has 80 valence electrons. The van der Waals surface area contributed by atoms with Crippen molar-refractivity contribution in [1.29, 1.82) is 0 Å². The molecule has 0 atom stereocenters. The van der Waals surface area contributed by atoms with E-state index in [4.69, 9.17) is 5.11 Å². The van der Waals surface area contributed by atoms with Crippen molar-refractivity contribution >= 4 is 5.97 Å². The van der Waals surface area contributed by atoms with Crippen LogP contribution in [0.4, 0.5) is 0 Å². The van der Waals surface area contributed by atoms with Gasteiger partial charge in [-0.2, -0.15) is 0 Å². The van der Waals surface area contributed by atoms with Gasteiger partial charge in [-0.25, -0.2) is 9.78 Å². The van der Waals surface area contributed by atoms with Gasteiger partial charge in [0.1, 0.15) is 5.82 Å². The molecule has 3 rings (SSSR count). The summed E-state index contributed by atoms with van der Waals surface area (Å²) < 4.78 is 1.96. The highest BCUT2D eigenvalue weighted by atomic mass is 16.4. The number of carboxylic acids is 1. The Kier molecular flexibility index (Phi) is 1.82. The second-order valence-electron chi connectivity index (χ2n) is 4.24. The van der Waals surface area contributed by atoms with Crippen LogP contribution in [0.25, 0.3) is 0 Å². The van der Waals surface area contributed by atoms with E-state index in [1.807, 2.05) is 4.57 Å². The molecule has 1 N–H and O–H groups in total. The summed E-state index contributed by atoms with van der Waals surface area (Å²) in [4.78, 5) is 17.3. The average Bonchev–Trinajstić information content (AvgIpc) is 2.96. The molecule has 0 saturated heterocycles. The van der Waals surface area contributed by atoms with E-state index in [9.17, 15) is 4.79 Å². The summed E-state index contributed by atoms with van der Waals surface area (Å²) in [6, 6.07) is 0.726. The van der Waals surface area contributed by atoms with E-state index in [2.05, 4.69) is 9.88 Å². The van der Waals surface area contributed by atoms with Gasteiger partial charge in [0.2, 0.25) is 0 Å². The van der Waals surface area contributed by atoms with Gasteiger partial charge in [-0.15, -0.1) is 0 Å². The summed E-state index contributed by atoms with van der Waals surface area (Å²) in [5, 5.41) is 8.83. The van der Waals surface area contributed by atoms with Crippen molar-refractivity contribution in [3.63, 3.8) is 0 Å². The van der Waals surface area contributed by atoms with Crippen LogP contribution in [0.3, 0.4) is 0 Å². The maximum atomic E-state index is 10.8. The molecule has 2 aliphatic rings. The lowest BCUT2D eigenvalue weighted by Crippen LogP contribution is -2.35. The molecule has 0 radical (unpaired) electrons. The minimum absolute atomic E-state index is 0.169. The first-order valence-electron chi connectivity index (χ1n) is 5.27. The minimum atomic E-state index is -0.935. The third-order valence-electron chi connectivity index (χ3n) is 3.11. The van der Waals surface area contributed by atoms with Crippen LogP contribution in [0.15, 0.2) is 6.20 Å². The summed E-state index contributed by atoms with van der Waals surface area (Å²) in [7, 11) is 0. The normalized spacial score (nSPS) is 21.3. The number of nitrogens with zero attached hydrogens (tertiary/aromatic N) is 3. The smallest absolute Gasteiger partial charge is 0.356 e. The van der Waals surface area contributed by atoms with Crippen LogP contribution < -0.4 is 0 Å². The van der Waals surface area contributed by atoms with Crippen molar-refractivity contribution in [2.24, 2.45) is 0 Å². The lowest BCUT2D eigenvalue weighted by Gasteiger charge is -2.27. The fourth-order valence-electron chi connectivity index (χ4n) is 2.13. The van der Waals surface area contributed by atoms with Crippen LogP contribution in [0, 0.1) is 0 Å². The molecule has 0 unspecified atom stereocenters. The second-order valence-corrected chi connectivity index (χ2v) is 4.24. The zero-order valence-electron chi connectivity index (χ0n) is 8.39. The van der Waals surface area contributed by atoms with Gasteiger partial charge in [-0.1, -0.05) is 0 Å². The zero-order chi connectivity index (χ0) is 10.4. The second kappa shape index (κ2) is 3.06. The Morgan fingerprint density at radius 1 is 1.47 bits per heavy atom. The first-order valence-corrected chi connectivity index (χ1v) is 5.27. The Bertz CT molecular complexity index is 409. The van der Waals surface area contributed by atoms with Gasteiger partial charge in [0.05, 0.1) is 6.54 Å². The number of rotatable bonds is 2. The molecule has 5 nitrogen and oxygen atoms in total. The largest absolute Gasteiger partial charge is 0.476 e. The van der Waals surface area contributed by atoms with Crippen molar-refractivity contribution in [3.05, 3.63) is 17.7 Å². The van der Waals surface area contributed by atoms with Crippen LogP contribution in [-0.4, -0.2) is 38.1 Å². The van der Waals surface area contributed by atoms with E-state index in [0.29, 0.717) is 0 Å². The molecule has 1 aliphatic heterocycles. The minimum Gasteiger partial charge on any atom is -0.476 e. The first kappa shape index (κ1) is 8.91. The number of carbonyl (C=O) groups is 1. The highest BCUT2D eigenvalue weighted by molar-refractivity contribution is 5.85. The number of carboxylic acid groups (broad SMARTS) is 1. The highest BCUT2D eigenvalue weighted by Gasteiger charge is 2.32. The molecule has 0 amide bonds. The van der Waals surface area contributed by atoms with Crippen LogP contribution in [-0.2, 0) is 13.1 Å². The highest BCUT2D eigenvalue weighted by Crippen LogP contribution is 2.29. The summed E-state index contributed by atoms with van der Waals surface area (Å²) >= 11 is 0. The maximum absolute atomic E-state index is 10.8. The monoisotopic (exact) mass is 207 g/mol. The fourth-order valence-corrected chi connectivity index (χ4v) is 2.13. The molecule has 15 heavy (non-hydrogen) atoms. The van der Waals surface area contributed by atoms with E-state index in [0.717, 1.165) is 31.5 Å². The summed E-state index contributed by atoms with van der Waals surface area (Å²) in [6.45, 7) is 2.69. The predicted octanol–water partition coefficient (Wildman–Crippen LogP) is 0.559. The summed E-state index contributed by atoms with van der Waals surface area (Å²) in [6.07, 6.45) is 4.21. The molecule has 1 aromatic rings. The van der Waals surface area contributed by atoms with E-state index >= 15 is 0 Å². The van der Waals surface area contributed by atoms with Gasteiger partial charge >= 0.3 is 5.97 Å². The number of fused-ring (bicyclic) bond motifs is 1. The number of aromatic carboxylic acids is 1. The van der Waals surface area contributed by atoms with Gasteiger partial charge < -0.3 is 9.67 Å². The average molecular weight is 207 g/mol. The van der Waals surface area contributed by atoms with Gasteiger partial charge in [0.15, 0.2) is 5.69 Å². The molecule has 0 bridgehead atoms. The lowest BCUT2D eigenvalue weighted by molar-refractivity contribution is 0.0691. The first-order chi connectivity index (χ1) is 7.24. The third kappa shape index (κ3) is 1.52. The number of imidazole rings is 1. The van der Waals surface area contributed by atoms with E-state index in [-0.39, 0.29) is 5.69 Å². The Morgan fingerprint density at radius 3 is 2.93 bits per heavy atom. The molecule has 0 aromatic carbocycles. The summed E-state index contributed by atoms with van der Waals surface area (Å²) in [5.41, 5.74) is 0.169. The number of aromatic nitrogens is 2. The van der Waals surface area contributed by atoms with Crippen molar-refractivity contribution in [1.82, 2.24) is 14.5 Å². The number of hydrogen-bond acceptors (Lipinski definition) is 3. The maximum Gasteiger partial charge on any atom is 0.356 e. The van der Waals surface area contributed by atoms with E-state index in [1.165, 1.54) is 12.8 Å². The van der Waals surface area contributed by atoms with Crippen molar-refractivity contribution in [2.75, 3.05) is 6.54 Å². The van der Waals surface area contributed by atoms with Crippen molar-refractivity contribution in [3.8, 4) is 0 Å². The quantitative estimate of drug-likeness (QED) is 0.769. The third-order valence-corrected chi connectivity index (χ3v) is 3.11. The molecule has 2 heterocycles. The van der Waals surface area contributed by atoms with Gasteiger partial charge in [-0.3, -0.25) is 4.90 Å². The lowest BCUT2D eigenvalue weighted by atomic mass is 10.3. The molecule has 5 heteroatoms.